The first kappa shape index (κ1) is 29.6. The van der Waals surface area contributed by atoms with E-state index in [1.54, 1.807) is 29.2 Å². The zero-order valence-corrected chi connectivity index (χ0v) is 25.3. The van der Waals surface area contributed by atoms with Crippen molar-refractivity contribution in [3.05, 3.63) is 48.0 Å². The lowest BCUT2D eigenvalue weighted by atomic mass is 10.0. The Labute approximate surface area is 235 Å². The largest absolute Gasteiger partial charge is 0.302 e. The predicted octanol–water partition coefficient (Wildman–Crippen LogP) is 4.11. The minimum absolute atomic E-state index is 0.125. The van der Waals surface area contributed by atoms with Gasteiger partial charge in [-0.3, -0.25) is 9.69 Å². The van der Waals surface area contributed by atoms with E-state index in [0.717, 1.165) is 32.2 Å². The molecule has 39 heavy (non-hydrogen) atoms. The van der Waals surface area contributed by atoms with Gasteiger partial charge in [0.15, 0.2) is 15.0 Å². The summed E-state index contributed by atoms with van der Waals surface area (Å²) in [4.78, 5) is 22.4. The molecule has 12 heteroatoms. The summed E-state index contributed by atoms with van der Waals surface area (Å²) in [5.41, 5.74) is 0.681. The second-order valence-corrected chi connectivity index (χ2v) is 14.9. The van der Waals surface area contributed by atoms with Crippen LogP contribution in [0.1, 0.15) is 44.0 Å². The molecular formula is C27H36N4O5S3. The van der Waals surface area contributed by atoms with Crippen LogP contribution in [0, 0.1) is 5.92 Å². The molecule has 0 saturated carbocycles. The molecule has 1 atom stereocenters. The smallest absolute Gasteiger partial charge is 0.260 e. The van der Waals surface area contributed by atoms with E-state index in [9.17, 15) is 21.6 Å². The number of nitrogens with zero attached hydrogens (tertiary/aromatic N) is 4. The van der Waals surface area contributed by atoms with Crippen molar-refractivity contribution in [3.63, 3.8) is 0 Å². The second-order valence-electron chi connectivity index (χ2n) is 9.99. The topological polar surface area (TPSA) is 108 Å². The maximum Gasteiger partial charge on any atom is 0.260 e. The number of benzene rings is 2. The molecule has 0 aliphatic carbocycles. The van der Waals surface area contributed by atoms with E-state index < -0.39 is 19.9 Å². The lowest BCUT2D eigenvalue weighted by Crippen LogP contribution is -2.39. The minimum atomic E-state index is -3.64. The first-order valence-electron chi connectivity index (χ1n) is 13.2. The number of fused-ring (bicyclic) bond motifs is 1. The Balaban J connectivity index is 1.67. The number of sulfonamides is 1. The fourth-order valence-electron chi connectivity index (χ4n) is 4.83. The molecule has 0 bridgehead atoms. The van der Waals surface area contributed by atoms with Gasteiger partial charge in [0, 0.05) is 38.0 Å². The Bertz CT molecular complexity index is 1530. The lowest BCUT2D eigenvalue weighted by Gasteiger charge is -2.30. The molecule has 1 aromatic heterocycles. The summed E-state index contributed by atoms with van der Waals surface area (Å²) in [5, 5.41) is 0.400. The summed E-state index contributed by atoms with van der Waals surface area (Å²) >= 11 is 1.26. The van der Waals surface area contributed by atoms with Gasteiger partial charge in [-0.15, -0.1) is 0 Å². The lowest BCUT2D eigenvalue weighted by molar-refractivity contribution is 0.0983. The molecule has 1 fully saturated rings. The second kappa shape index (κ2) is 12.0. The van der Waals surface area contributed by atoms with Crippen molar-refractivity contribution in [2.24, 2.45) is 5.92 Å². The molecule has 9 nitrogen and oxygen atoms in total. The van der Waals surface area contributed by atoms with Crippen LogP contribution in [0.3, 0.4) is 0 Å². The Morgan fingerprint density at radius 1 is 1.05 bits per heavy atom. The fourth-order valence-corrected chi connectivity index (χ4v) is 8.34. The van der Waals surface area contributed by atoms with Crippen LogP contribution in [-0.2, 0) is 19.9 Å². The normalized spacial score (nSPS) is 17.1. The van der Waals surface area contributed by atoms with Crippen molar-refractivity contribution in [3.8, 4) is 0 Å². The molecule has 0 N–H and O–H groups in total. The summed E-state index contributed by atoms with van der Waals surface area (Å²) in [7, 11) is -7.15. The van der Waals surface area contributed by atoms with E-state index in [2.05, 4.69) is 16.8 Å². The highest BCUT2D eigenvalue weighted by atomic mass is 32.2. The van der Waals surface area contributed by atoms with Gasteiger partial charge in [-0.1, -0.05) is 38.2 Å². The molecule has 1 aliphatic heterocycles. The van der Waals surface area contributed by atoms with Crippen LogP contribution >= 0.6 is 11.3 Å². The molecule has 212 valence electrons. The Kier molecular flexibility index (Phi) is 9.12. The molecule has 2 heterocycles. The molecule has 0 spiro atoms. The van der Waals surface area contributed by atoms with Crippen molar-refractivity contribution < 1.29 is 21.6 Å². The third kappa shape index (κ3) is 6.51. The summed E-state index contributed by atoms with van der Waals surface area (Å²) in [5.74, 6) is -0.0107. The van der Waals surface area contributed by atoms with Gasteiger partial charge in [-0.2, -0.15) is 4.31 Å². The first-order chi connectivity index (χ1) is 18.5. The standard InChI is InChI=1S/C27H36N4O5S3/c1-5-29(6-2)17-18-31(27-28-25-23(37-27)10-7-11-24(25)38(4,33)34)26(32)21-12-14-22(15-13-21)39(35,36)30-16-8-9-20(3)19-30/h7,10-15,20H,5-6,8-9,16-19H2,1-4H3. The molecule has 1 amide bonds. The van der Waals surface area contributed by atoms with Crippen LogP contribution in [0.15, 0.2) is 52.3 Å². The Morgan fingerprint density at radius 2 is 1.74 bits per heavy atom. The van der Waals surface area contributed by atoms with Crippen LogP contribution in [0.4, 0.5) is 5.13 Å². The van der Waals surface area contributed by atoms with E-state index >= 15 is 0 Å². The highest BCUT2D eigenvalue weighted by molar-refractivity contribution is 7.91. The van der Waals surface area contributed by atoms with E-state index in [4.69, 9.17) is 0 Å². The maximum absolute atomic E-state index is 13.8. The molecule has 2 aromatic carbocycles. The van der Waals surface area contributed by atoms with Crippen molar-refractivity contribution in [1.82, 2.24) is 14.2 Å². The highest BCUT2D eigenvalue weighted by Gasteiger charge is 2.29. The average Bonchev–Trinajstić information content (AvgIpc) is 3.34. The van der Waals surface area contributed by atoms with Gasteiger partial charge in [0.2, 0.25) is 10.0 Å². The van der Waals surface area contributed by atoms with Crippen LogP contribution in [0.25, 0.3) is 10.2 Å². The number of amides is 1. The van der Waals surface area contributed by atoms with Gasteiger partial charge >= 0.3 is 0 Å². The van der Waals surface area contributed by atoms with Crippen LogP contribution < -0.4 is 4.90 Å². The van der Waals surface area contributed by atoms with Crippen LogP contribution in [0.2, 0.25) is 0 Å². The van der Waals surface area contributed by atoms with E-state index in [0.29, 0.717) is 53.0 Å². The number of aromatic nitrogens is 1. The van der Waals surface area contributed by atoms with Crippen molar-refractivity contribution >= 4 is 52.5 Å². The number of piperidine rings is 1. The fraction of sp³-hybridized carbons (Fsp3) is 0.481. The van der Waals surface area contributed by atoms with E-state index in [1.807, 2.05) is 13.8 Å². The minimum Gasteiger partial charge on any atom is -0.302 e. The van der Waals surface area contributed by atoms with E-state index in [-0.39, 0.29) is 15.7 Å². The third-order valence-corrected chi connectivity index (χ3v) is 11.2. The Morgan fingerprint density at radius 3 is 2.36 bits per heavy atom. The molecule has 1 saturated heterocycles. The molecule has 4 rings (SSSR count). The van der Waals surface area contributed by atoms with Crippen molar-refractivity contribution in [1.29, 1.82) is 0 Å². The number of hydrogen-bond donors (Lipinski definition) is 0. The van der Waals surface area contributed by atoms with E-state index in [1.165, 1.54) is 33.8 Å². The summed E-state index contributed by atoms with van der Waals surface area (Å²) in [6.45, 7) is 9.73. The zero-order valence-electron chi connectivity index (χ0n) is 22.8. The first-order valence-corrected chi connectivity index (χ1v) is 17.3. The molecule has 1 aliphatic rings. The quantitative estimate of drug-likeness (QED) is 0.349. The third-order valence-electron chi connectivity index (χ3n) is 7.14. The number of para-hydroxylation sites is 1. The van der Waals surface area contributed by atoms with Crippen molar-refractivity contribution in [2.45, 2.75) is 43.4 Å². The van der Waals surface area contributed by atoms with Gasteiger partial charge in [-0.05, 0) is 68.2 Å². The van der Waals surface area contributed by atoms with Crippen LogP contribution in [0.5, 0.6) is 0 Å². The number of likely N-dealkylation sites (N-methyl/N-ethyl adjacent to an activating group) is 1. The average molecular weight is 593 g/mol. The number of carbonyl (C=O) groups excluding carboxylic acids is 1. The SMILES string of the molecule is CCN(CC)CCN(C(=O)c1ccc(S(=O)(=O)N2CCCC(C)C2)cc1)c1nc2c(S(C)(=O)=O)cccc2s1. The summed E-state index contributed by atoms with van der Waals surface area (Å²) < 4.78 is 53.3. The predicted molar refractivity (Wildman–Crippen MR) is 156 cm³/mol. The number of rotatable bonds is 10. The van der Waals surface area contributed by atoms with Gasteiger partial charge in [-0.25, -0.2) is 21.8 Å². The summed E-state index contributed by atoms with van der Waals surface area (Å²) in [6.07, 6.45) is 2.99. The van der Waals surface area contributed by atoms with Gasteiger partial charge < -0.3 is 4.90 Å². The number of anilines is 1. The summed E-state index contributed by atoms with van der Waals surface area (Å²) in [6, 6.07) is 11.1. The highest BCUT2D eigenvalue weighted by Crippen LogP contribution is 2.33. The Hall–Kier alpha value is -2.38. The number of carbonyl (C=O) groups is 1. The van der Waals surface area contributed by atoms with Crippen molar-refractivity contribution in [2.75, 3.05) is 50.4 Å². The van der Waals surface area contributed by atoms with Gasteiger partial charge in [0.25, 0.3) is 5.91 Å². The molecule has 0 radical (unpaired) electrons. The maximum atomic E-state index is 13.8. The number of hydrogen-bond acceptors (Lipinski definition) is 8. The molecular weight excluding hydrogens is 557 g/mol. The number of thiazole rings is 1. The number of sulfone groups is 1. The van der Waals surface area contributed by atoms with Gasteiger partial charge in [0.1, 0.15) is 5.52 Å². The molecule has 1 unspecified atom stereocenters. The monoisotopic (exact) mass is 592 g/mol. The zero-order chi connectivity index (χ0) is 28.4. The van der Waals surface area contributed by atoms with Crippen LogP contribution in [-0.4, -0.2) is 82.5 Å². The molecule has 3 aromatic rings. The van der Waals surface area contributed by atoms with Gasteiger partial charge in [0.05, 0.1) is 14.5 Å².